The minimum atomic E-state index is -0.779. The normalized spacial score (nSPS) is 12.3. The molecule has 0 aliphatic carbocycles. The van der Waals surface area contributed by atoms with Crippen LogP contribution in [0.3, 0.4) is 0 Å². The molecule has 0 saturated heterocycles. The molecule has 2 aromatic carbocycles. The maximum atomic E-state index is 13.6. The van der Waals surface area contributed by atoms with E-state index in [0.717, 1.165) is 30.6 Å². The summed E-state index contributed by atoms with van der Waals surface area (Å²) in [6, 6.07) is 20.1. The standard InChI is InChI=1S/C23H31NO2.ClH/c1-5-18-23(20-14-10-8-11-15-20,21-16-12-9-13-17-21)22(25)26-19(4)24(6-2)7-3;/h8-17,19H,5-7,18H2,1-4H3;1H. The molecule has 0 N–H and O–H groups in total. The summed E-state index contributed by atoms with van der Waals surface area (Å²) in [6.07, 6.45) is 1.35. The number of carbonyl (C=O) groups excluding carboxylic acids is 1. The first-order valence-electron chi connectivity index (χ1n) is 9.66. The molecular weight excluding hydrogens is 358 g/mol. The molecule has 0 spiro atoms. The van der Waals surface area contributed by atoms with Crippen LogP contribution in [0.4, 0.5) is 0 Å². The molecule has 2 rings (SSSR count). The maximum absolute atomic E-state index is 13.6. The quantitative estimate of drug-likeness (QED) is 0.423. The molecule has 0 saturated carbocycles. The fourth-order valence-electron chi connectivity index (χ4n) is 3.68. The van der Waals surface area contributed by atoms with Gasteiger partial charge in [0.1, 0.15) is 5.41 Å². The zero-order valence-electron chi connectivity index (χ0n) is 16.9. The molecular formula is C23H32ClNO2. The van der Waals surface area contributed by atoms with E-state index < -0.39 is 5.41 Å². The third kappa shape index (κ3) is 5.12. The van der Waals surface area contributed by atoms with Crippen LogP contribution in [0.1, 0.15) is 51.7 Å². The molecule has 3 nitrogen and oxygen atoms in total. The van der Waals surface area contributed by atoms with E-state index in [-0.39, 0.29) is 24.6 Å². The van der Waals surface area contributed by atoms with Crippen LogP contribution < -0.4 is 0 Å². The van der Waals surface area contributed by atoms with Gasteiger partial charge in [0.15, 0.2) is 6.23 Å². The highest BCUT2D eigenvalue weighted by molar-refractivity contribution is 5.87. The number of rotatable bonds is 9. The van der Waals surface area contributed by atoms with E-state index in [1.807, 2.05) is 67.6 Å². The lowest BCUT2D eigenvalue weighted by atomic mass is 9.71. The molecule has 0 aromatic heterocycles. The van der Waals surface area contributed by atoms with Crippen molar-refractivity contribution in [2.45, 2.75) is 52.2 Å². The Balaban J connectivity index is 0.00000364. The Morgan fingerprint density at radius 1 is 0.926 bits per heavy atom. The van der Waals surface area contributed by atoms with Crippen molar-refractivity contribution >= 4 is 18.4 Å². The number of ether oxygens (including phenoxy) is 1. The highest BCUT2D eigenvalue weighted by Crippen LogP contribution is 2.38. The van der Waals surface area contributed by atoms with Gasteiger partial charge in [-0.2, -0.15) is 0 Å². The molecule has 27 heavy (non-hydrogen) atoms. The molecule has 0 bridgehead atoms. The van der Waals surface area contributed by atoms with Crippen LogP contribution in [0, 0.1) is 0 Å². The minimum Gasteiger partial charge on any atom is -0.446 e. The van der Waals surface area contributed by atoms with Crippen LogP contribution >= 0.6 is 12.4 Å². The zero-order valence-corrected chi connectivity index (χ0v) is 17.7. The van der Waals surface area contributed by atoms with Crippen LogP contribution in [0.5, 0.6) is 0 Å². The molecule has 1 unspecified atom stereocenters. The molecule has 0 heterocycles. The molecule has 0 aliphatic rings. The third-order valence-corrected chi connectivity index (χ3v) is 5.11. The fraction of sp³-hybridized carbons (Fsp3) is 0.435. The lowest BCUT2D eigenvalue weighted by molar-refractivity contribution is -0.163. The van der Waals surface area contributed by atoms with Crippen molar-refractivity contribution < 1.29 is 9.53 Å². The van der Waals surface area contributed by atoms with Gasteiger partial charge >= 0.3 is 5.97 Å². The Hall–Kier alpha value is -1.84. The van der Waals surface area contributed by atoms with Gasteiger partial charge in [-0.1, -0.05) is 87.9 Å². The summed E-state index contributed by atoms with van der Waals surface area (Å²) in [5.74, 6) is -0.170. The topological polar surface area (TPSA) is 29.5 Å². The van der Waals surface area contributed by atoms with E-state index in [1.54, 1.807) is 0 Å². The van der Waals surface area contributed by atoms with Gasteiger partial charge in [0.05, 0.1) is 0 Å². The molecule has 0 fully saturated rings. The van der Waals surface area contributed by atoms with Crippen molar-refractivity contribution in [3.05, 3.63) is 71.8 Å². The average molecular weight is 390 g/mol. The van der Waals surface area contributed by atoms with Crippen molar-refractivity contribution in [2.75, 3.05) is 13.1 Å². The molecule has 0 amide bonds. The van der Waals surface area contributed by atoms with Crippen molar-refractivity contribution in [1.82, 2.24) is 4.90 Å². The third-order valence-electron chi connectivity index (χ3n) is 5.11. The minimum absolute atomic E-state index is 0. The summed E-state index contributed by atoms with van der Waals surface area (Å²) in [5, 5.41) is 0. The van der Waals surface area contributed by atoms with Crippen LogP contribution in [0.2, 0.25) is 0 Å². The molecule has 0 aliphatic heterocycles. The highest BCUT2D eigenvalue weighted by atomic mass is 35.5. The fourth-order valence-corrected chi connectivity index (χ4v) is 3.68. The van der Waals surface area contributed by atoms with Gasteiger partial charge in [-0.05, 0) is 37.6 Å². The monoisotopic (exact) mass is 389 g/mol. The Bertz CT molecular complexity index is 632. The average Bonchev–Trinajstić information content (AvgIpc) is 2.68. The first kappa shape index (κ1) is 23.2. The smallest absolute Gasteiger partial charge is 0.322 e. The number of carbonyl (C=O) groups is 1. The number of hydrogen-bond acceptors (Lipinski definition) is 3. The number of benzene rings is 2. The predicted molar refractivity (Wildman–Crippen MR) is 114 cm³/mol. The van der Waals surface area contributed by atoms with Crippen LogP contribution in [0.15, 0.2) is 60.7 Å². The second kappa shape index (κ2) is 11.1. The lowest BCUT2D eigenvalue weighted by Gasteiger charge is -2.35. The van der Waals surface area contributed by atoms with Gasteiger partial charge in [-0.3, -0.25) is 9.69 Å². The first-order chi connectivity index (χ1) is 12.6. The van der Waals surface area contributed by atoms with Crippen LogP contribution in [-0.4, -0.2) is 30.2 Å². The molecule has 0 radical (unpaired) electrons. The maximum Gasteiger partial charge on any atom is 0.322 e. The van der Waals surface area contributed by atoms with E-state index in [2.05, 4.69) is 25.7 Å². The van der Waals surface area contributed by atoms with E-state index in [4.69, 9.17) is 4.74 Å². The van der Waals surface area contributed by atoms with Gasteiger partial charge in [0, 0.05) is 0 Å². The molecule has 1 atom stereocenters. The number of nitrogens with zero attached hydrogens (tertiary/aromatic N) is 1. The number of hydrogen-bond donors (Lipinski definition) is 0. The van der Waals surface area contributed by atoms with Crippen molar-refractivity contribution in [1.29, 1.82) is 0 Å². The predicted octanol–water partition coefficient (Wildman–Crippen LogP) is 5.43. The summed E-state index contributed by atoms with van der Waals surface area (Å²) in [4.78, 5) is 15.7. The van der Waals surface area contributed by atoms with Crippen molar-refractivity contribution in [3.63, 3.8) is 0 Å². The van der Waals surface area contributed by atoms with Crippen molar-refractivity contribution in [3.8, 4) is 0 Å². The second-order valence-electron chi connectivity index (χ2n) is 6.61. The summed E-state index contributed by atoms with van der Waals surface area (Å²) in [7, 11) is 0. The Kier molecular flexibility index (Phi) is 9.54. The Morgan fingerprint density at radius 2 is 1.37 bits per heavy atom. The van der Waals surface area contributed by atoms with Crippen LogP contribution in [0.25, 0.3) is 0 Å². The summed E-state index contributed by atoms with van der Waals surface area (Å²) in [5.41, 5.74) is 1.20. The highest BCUT2D eigenvalue weighted by Gasteiger charge is 2.43. The van der Waals surface area contributed by atoms with E-state index >= 15 is 0 Å². The molecule has 4 heteroatoms. The Morgan fingerprint density at radius 3 is 1.74 bits per heavy atom. The van der Waals surface area contributed by atoms with Crippen LogP contribution in [-0.2, 0) is 14.9 Å². The number of esters is 1. The SMILES string of the molecule is CCCC(C(=O)OC(C)N(CC)CC)(c1ccccc1)c1ccccc1.Cl. The summed E-state index contributed by atoms with van der Waals surface area (Å²) < 4.78 is 6.01. The molecule has 2 aromatic rings. The van der Waals surface area contributed by atoms with E-state index in [9.17, 15) is 4.79 Å². The second-order valence-corrected chi connectivity index (χ2v) is 6.61. The summed E-state index contributed by atoms with van der Waals surface area (Å²) >= 11 is 0. The van der Waals surface area contributed by atoms with Gasteiger partial charge < -0.3 is 4.74 Å². The van der Waals surface area contributed by atoms with Gasteiger partial charge in [0.25, 0.3) is 0 Å². The van der Waals surface area contributed by atoms with Crippen molar-refractivity contribution in [2.24, 2.45) is 0 Å². The largest absolute Gasteiger partial charge is 0.446 e. The van der Waals surface area contributed by atoms with Gasteiger partial charge in [-0.25, -0.2) is 0 Å². The summed E-state index contributed by atoms with van der Waals surface area (Å²) in [6.45, 7) is 9.94. The van der Waals surface area contributed by atoms with E-state index in [0.29, 0.717) is 6.42 Å². The first-order valence-corrected chi connectivity index (χ1v) is 9.66. The zero-order chi connectivity index (χ0) is 19.0. The Labute approximate surface area is 170 Å². The molecule has 148 valence electrons. The number of halogens is 1. The van der Waals surface area contributed by atoms with Gasteiger partial charge in [-0.15, -0.1) is 12.4 Å². The lowest BCUT2D eigenvalue weighted by Crippen LogP contribution is -2.44. The van der Waals surface area contributed by atoms with E-state index in [1.165, 1.54) is 0 Å². The van der Waals surface area contributed by atoms with Gasteiger partial charge in [0.2, 0.25) is 0 Å².